The highest BCUT2D eigenvalue weighted by Gasteiger charge is 2.43. The number of hydrogen-bond donors (Lipinski definition) is 0. The van der Waals surface area contributed by atoms with Crippen molar-refractivity contribution in [3.05, 3.63) is 21.9 Å². The van der Waals surface area contributed by atoms with Gasteiger partial charge < -0.3 is 9.64 Å². The highest BCUT2D eigenvalue weighted by Crippen LogP contribution is 2.40. The van der Waals surface area contributed by atoms with Crippen molar-refractivity contribution in [2.24, 2.45) is 5.92 Å². The highest BCUT2D eigenvalue weighted by atomic mass is 32.1. The molecule has 1 aromatic rings. The second-order valence-electron chi connectivity index (χ2n) is 8.14. The van der Waals surface area contributed by atoms with Gasteiger partial charge in [-0.05, 0) is 57.1 Å². The van der Waals surface area contributed by atoms with Gasteiger partial charge in [-0.25, -0.2) is 0 Å². The lowest BCUT2D eigenvalue weighted by molar-refractivity contribution is -0.131. The molecule has 5 heteroatoms. The van der Waals surface area contributed by atoms with E-state index in [1.165, 1.54) is 22.6 Å². The molecule has 0 aliphatic carbocycles. The Balaban J connectivity index is 1.25. The molecule has 1 atom stereocenters. The molecule has 138 valence electrons. The van der Waals surface area contributed by atoms with Crippen LogP contribution >= 0.6 is 11.3 Å². The first-order valence-electron chi connectivity index (χ1n) is 9.81. The van der Waals surface area contributed by atoms with Crippen molar-refractivity contribution in [2.45, 2.75) is 57.6 Å². The maximum absolute atomic E-state index is 12.4. The van der Waals surface area contributed by atoms with Crippen molar-refractivity contribution in [3.63, 3.8) is 0 Å². The summed E-state index contributed by atoms with van der Waals surface area (Å²) in [4.78, 5) is 19.9. The average molecular weight is 363 g/mol. The molecule has 0 N–H and O–H groups in total. The zero-order chi connectivity index (χ0) is 17.3. The van der Waals surface area contributed by atoms with E-state index in [0.29, 0.717) is 18.2 Å². The normalized spacial score (nSPS) is 26.6. The zero-order valence-electron chi connectivity index (χ0n) is 15.3. The van der Waals surface area contributed by atoms with Crippen LogP contribution in [-0.4, -0.2) is 54.1 Å². The minimum atomic E-state index is 0.0534. The molecule has 4 nitrogen and oxygen atoms in total. The second-order valence-corrected chi connectivity index (χ2v) is 9.52. The van der Waals surface area contributed by atoms with Crippen LogP contribution in [0.5, 0.6) is 0 Å². The van der Waals surface area contributed by atoms with Crippen molar-refractivity contribution in [1.29, 1.82) is 0 Å². The number of carbonyl (C=O) groups excluding carboxylic acids is 1. The van der Waals surface area contributed by atoms with E-state index in [2.05, 4.69) is 28.9 Å². The van der Waals surface area contributed by atoms with Crippen LogP contribution in [0.25, 0.3) is 0 Å². The summed E-state index contributed by atoms with van der Waals surface area (Å²) in [5.41, 5.74) is 0.0534. The smallest absolute Gasteiger partial charge is 0.222 e. The summed E-state index contributed by atoms with van der Waals surface area (Å²) in [5, 5.41) is 0. The van der Waals surface area contributed by atoms with Gasteiger partial charge in [0.15, 0.2) is 0 Å². The van der Waals surface area contributed by atoms with E-state index < -0.39 is 0 Å². The molecule has 1 aromatic heterocycles. The SMILES string of the molecule is Cc1ccc(CN2CCC3(CC2)C[C@H](CC(=O)N2CCCC2)CO3)s1. The molecule has 3 aliphatic heterocycles. The number of likely N-dealkylation sites (tertiary alicyclic amines) is 2. The third-order valence-corrected chi connectivity index (χ3v) is 7.14. The van der Waals surface area contributed by atoms with E-state index in [-0.39, 0.29) is 5.60 Å². The van der Waals surface area contributed by atoms with Crippen LogP contribution in [0.3, 0.4) is 0 Å². The summed E-state index contributed by atoms with van der Waals surface area (Å²) in [5.74, 6) is 0.785. The standard InChI is InChI=1S/C20H30N2O2S/c1-16-4-5-18(25-16)14-21-10-6-20(7-11-21)13-17(15-24-20)12-19(23)22-8-2-3-9-22/h4-5,17H,2-3,6-15H2,1H3/t17-/m0/s1. The third kappa shape index (κ3) is 4.09. The van der Waals surface area contributed by atoms with E-state index in [9.17, 15) is 4.79 Å². The molecule has 1 spiro atoms. The van der Waals surface area contributed by atoms with E-state index in [4.69, 9.17) is 4.74 Å². The lowest BCUT2D eigenvalue weighted by Gasteiger charge is -2.38. The quantitative estimate of drug-likeness (QED) is 0.822. The lowest BCUT2D eigenvalue weighted by Crippen LogP contribution is -2.43. The number of hydrogen-bond acceptors (Lipinski definition) is 4. The van der Waals surface area contributed by atoms with Gasteiger partial charge in [0.25, 0.3) is 0 Å². The minimum absolute atomic E-state index is 0.0534. The number of piperidine rings is 1. The van der Waals surface area contributed by atoms with Crippen LogP contribution in [0.2, 0.25) is 0 Å². The summed E-state index contributed by atoms with van der Waals surface area (Å²) in [6.45, 7) is 8.20. The molecule has 4 heterocycles. The molecule has 3 fully saturated rings. The van der Waals surface area contributed by atoms with Crippen molar-refractivity contribution < 1.29 is 9.53 Å². The van der Waals surface area contributed by atoms with Gasteiger partial charge in [-0.2, -0.15) is 0 Å². The predicted octanol–water partition coefficient (Wildman–Crippen LogP) is 3.44. The van der Waals surface area contributed by atoms with E-state index in [1.54, 1.807) is 0 Å². The first-order valence-corrected chi connectivity index (χ1v) is 10.6. The summed E-state index contributed by atoms with van der Waals surface area (Å²) in [6, 6.07) is 4.48. The topological polar surface area (TPSA) is 32.8 Å². The van der Waals surface area contributed by atoms with Crippen LogP contribution in [0, 0.1) is 12.8 Å². The predicted molar refractivity (Wildman–Crippen MR) is 101 cm³/mol. The van der Waals surface area contributed by atoms with Gasteiger partial charge in [0, 0.05) is 48.9 Å². The molecule has 4 rings (SSSR count). The van der Waals surface area contributed by atoms with E-state index in [0.717, 1.165) is 58.6 Å². The Labute approximate surface area is 155 Å². The van der Waals surface area contributed by atoms with Gasteiger partial charge in [0.1, 0.15) is 0 Å². The Kier molecular flexibility index (Phi) is 5.16. The molecular formula is C20H30N2O2S. The largest absolute Gasteiger partial charge is 0.375 e. The van der Waals surface area contributed by atoms with Gasteiger partial charge in [0.05, 0.1) is 12.2 Å². The molecular weight excluding hydrogens is 332 g/mol. The van der Waals surface area contributed by atoms with Crippen LogP contribution in [0.15, 0.2) is 12.1 Å². The summed E-state index contributed by atoms with van der Waals surface area (Å²) in [7, 11) is 0. The van der Waals surface area contributed by atoms with Crippen LogP contribution in [0.4, 0.5) is 0 Å². The summed E-state index contributed by atoms with van der Waals surface area (Å²) < 4.78 is 6.27. The molecule has 0 radical (unpaired) electrons. The second kappa shape index (κ2) is 7.37. The maximum Gasteiger partial charge on any atom is 0.222 e. The van der Waals surface area contributed by atoms with Crippen LogP contribution in [-0.2, 0) is 16.1 Å². The first kappa shape index (κ1) is 17.5. The van der Waals surface area contributed by atoms with Crippen molar-refractivity contribution in [1.82, 2.24) is 9.80 Å². The third-order valence-electron chi connectivity index (χ3n) is 6.15. The van der Waals surface area contributed by atoms with Gasteiger partial charge >= 0.3 is 0 Å². The number of carbonyl (C=O) groups is 1. The van der Waals surface area contributed by atoms with Gasteiger partial charge in [-0.3, -0.25) is 9.69 Å². The van der Waals surface area contributed by atoms with Crippen LogP contribution in [0.1, 0.15) is 48.3 Å². The number of thiophene rings is 1. The number of rotatable bonds is 4. The number of amides is 1. The fourth-order valence-corrected chi connectivity index (χ4v) is 5.60. The molecule has 0 saturated carbocycles. The Bertz CT molecular complexity index is 601. The molecule has 0 aromatic carbocycles. The Morgan fingerprint density at radius 1 is 1.24 bits per heavy atom. The highest BCUT2D eigenvalue weighted by molar-refractivity contribution is 7.11. The zero-order valence-corrected chi connectivity index (χ0v) is 16.2. The van der Waals surface area contributed by atoms with Crippen molar-refractivity contribution in [3.8, 4) is 0 Å². The number of ether oxygens (including phenoxy) is 1. The minimum Gasteiger partial charge on any atom is -0.375 e. The lowest BCUT2D eigenvalue weighted by atomic mass is 9.84. The van der Waals surface area contributed by atoms with Crippen molar-refractivity contribution in [2.75, 3.05) is 32.8 Å². The number of nitrogens with zero attached hydrogens (tertiary/aromatic N) is 2. The molecule has 0 unspecified atom stereocenters. The van der Waals surface area contributed by atoms with E-state index in [1.807, 2.05) is 11.3 Å². The Morgan fingerprint density at radius 3 is 2.68 bits per heavy atom. The first-order chi connectivity index (χ1) is 12.1. The maximum atomic E-state index is 12.4. The summed E-state index contributed by atoms with van der Waals surface area (Å²) in [6.07, 6.45) is 6.36. The van der Waals surface area contributed by atoms with Crippen molar-refractivity contribution >= 4 is 17.2 Å². The molecule has 0 bridgehead atoms. The number of aryl methyl sites for hydroxylation is 1. The summed E-state index contributed by atoms with van der Waals surface area (Å²) >= 11 is 1.91. The van der Waals surface area contributed by atoms with Crippen LogP contribution < -0.4 is 0 Å². The monoisotopic (exact) mass is 362 g/mol. The van der Waals surface area contributed by atoms with E-state index >= 15 is 0 Å². The van der Waals surface area contributed by atoms with Gasteiger partial charge in [-0.1, -0.05) is 0 Å². The van der Waals surface area contributed by atoms with Gasteiger partial charge in [0.2, 0.25) is 5.91 Å². The molecule has 1 amide bonds. The molecule has 3 aliphatic rings. The Morgan fingerprint density at radius 2 is 2.00 bits per heavy atom. The Hall–Kier alpha value is -0.910. The molecule has 3 saturated heterocycles. The molecule has 25 heavy (non-hydrogen) atoms. The fraction of sp³-hybridized carbons (Fsp3) is 0.750. The van der Waals surface area contributed by atoms with Gasteiger partial charge in [-0.15, -0.1) is 11.3 Å². The fourth-order valence-electron chi connectivity index (χ4n) is 4.67. The average Bonchev–Trinajstić information content (AvgIpc) is 3.33.